The van der Waals surface area contributed by atoms with E-state index in [1.807, 2.05) is 58.2 Å². The maximum absolute atomic E-state index is 13.6. The normalized spacial score (nSPS) is 15.5. The Labute approximate surface area is 258 Å². The number of hydrogen-bond donors (Lipinski definition) is 1. The molecule has 0 saturated carbocycles. The molecule has 3 aromatic rings. The molecule has 0 bridgehead atoms. The molecule has 4 rings (SSSR count). The lowest BCUT2D eigenvalue weighted by Gasteiger charge is -2.38. The first-order valence-corrected chi connectivity index (χ1v) is 14.8. The van der Waals surface area contributed by atoms with Crippen LogP contribution >= 0.6 is 0 Å². The predicted molar refractivity (Wildman–Crippen MR) is 167 cm³/mol. The van der Waals surface area contributed by atoms with Gasteiger partial charge in [0.05, 0.1) is 36.2 Å². The fraction of sp³-hybridized carbons (Fsp3) is 0.500. The molecule has 3 amide bonds. The number of aromatic nitrogens is 4. The van der Waals surface area contributed by atoms with Crippen LogP contribution in [0.3, 0.4) is 0 Å². The number of likely N-dealkylation sites (N-methyl/N-ethyl adjacent to an activating group) is 1. The number of carbonyl (C=O) groups excluding carboxylic acids is 2. The molecule has 1 unspecified atom stereocenters. The number of ether oxygens (including phenoxy) is 1. The van der Waals surface area contributed by atoms with Crippen LogP contribution in [-0.2, 0) is 16.8 Å². The number of pyridine rings is 1. The summed E-state index contributed by atoms with van der Waals surface area (Å²) in [7, 11) is 1.61. The Morgan fingerprint density at radius 3 is 2.45 bits per heavy atom. The zero-order valence-corrected chi connectivity index (χ0v) is 26.9. The number of rotatable bonds is 6. The number of piperidine rings is 1. The van der Waals surface area contributed by atoms with Crippen molar-refractivity contribution in [1.29, 1.82) is 0 Å². The van der Waals surface area contributed by atoms with Crippen LogP contribution in [0.1, 0.15) is 76.0 Å². The van der Waals surface area contributed by atoms with Crippen LogP contribution in [0.25, 0.3) is 11.1 Å². The van der Waals surface area contributed by atoms with E-state index < -0.39 is 23.7 Å². The molecule has 12 heteroatoms. The minimum Gasteiger partial charge on any atom is -0.465 e. The Hall–Kier alpha value is -4.48. The SMILES string of the molecule is Cc1cc(-c2ccncc2N2CCCC(N(C)C(=O)O)C2)ccc1CN(C(=O)OC(C)(C)C)C(=O)c1cn(C(C)(C)C)nn1. The summed E-state index contributed by atoms with van der Waals surface area (Å²) in [6.45, 7) is 14.4. The topological polar surface area (TPSA) is 134 Å². The molecule has 2 aromatic heterocycles. The predicted octanol–water partition coefficient (Wildman–Crippen LogP) is 5.56. The summed E-state index contributed by atoms with van der Waals surface area (Å²) in [4.78, 5) is 47.5. The molecule has 1 fully saturated rings. The van der Waals surface area contributed by atoms with Crippen molar-refractivity contribution in [2.75, 3.05) is 25.0 Å². The molecule has 1 aliphatic heterocycles. The van der Waals surface area contributed by atoms with Crippen molar-refractivity contribution in [1.82, 2.24) is 29.8 Å². The summed E-state index contributed by atoms with van der Waals surface area (Å²) in [5.41, 5.74) is 3.35. The van der Waals surface area contributed by atoms with E-state index in [4.69, 9.17) is 4.74 Å². The van der Waals surface area contributed by atoms with E-state index in [1.165, 1.54) is 4.90 Å². The quantitative estimate of drug-likeness (QED) is 0.383. The fourth-order valence-electron chi connectivity index (χ4n) is 5.10. The van der Waals surface area contributed by atoms with Crippen LogP contribution in [0.5, 0.6) is 0 Å². The number of carboxylic acid groups (broad SMARTS) is 1. The number of aryl methyl sites for hydroxylation is 1. The van der Waals surface area contributed by atoms with Gasteiger partial charge in [-0.1, -0.05) is 23.4 Å². The lowest BCUT2D eigenvalue weighted by atomic mass is 9.97. The van der Waals surface area contributed by atoms with Gasteiger partial charge in [0.15, 0.2) is 5.69 Å². The van der Waals surface area contributed by atoms with Gasteiger partial charge < -0.3 is 19.6 Å². The molecule has 12 nitrogen and oxygen atoms in total. The third kappa shape index (κ3) is 7.53. The standard InChI is InChI=1S/C32H43N7O5/c1-21-16-22(25-13-14-33-17-27(25)37-15-9-10-24(19-37)36(8)29(41)42)11-12-23(21)18-38(30(43)44-32(5,6)7)28(40)26-20-39(35-34-26)31(2,3)4/h11-14,16-17,20,24H,9-10,15,18-19H2,1-8H3,(H,41,42). The summed E-state index contributed by atoms with van der Waals surface area (Å²) in [6, 6.07) is 7.72. The lowest BCUT2D eigenvalue weighted by Crippen LogP contribution is -2.48. The van der Waals surface area contributed by atoms with E-state index in [0.717, 1.165) is 52.2 Å². The second kappa shape index (κ2) is 12.6. The van der Waals surface area contributed by atoms with Gasteiger partial charge in [-0.15, -0.1) is 5.10 Å². The molecular formula is C32H43N7O5. The van der Waals surface area contributed by atoms with E-state index in [1.54, 1.807) is 44.9 Å². The van der Waals surface area contributed by atoms with Gasteiger partial charge in [-0.3, -0.25) is 9.78 Å². The van der Waals surface area contributed by atoms with Gasteiger partial charge in [-0.25, -0.2) is 19.2 Å². The average Bonchev–Trinajstić information content (AvgIpc) is 3.46. The largest absolute Gasteiger partial charge is 0.465 e. The number of hydrogen-bond acceptors (Lipinski definition) is 8. The highest BCUT2D eigenvalue weighted by Crippen LogP contribution is 2.34. The molecule has 0 radical (unpaired) electrons. The Kier molecular flexibility index (Phi) is 9.31. The maximum Gasteiger partial charge on any atom is 0.417 e. The van der Waals surface area contributed by atoms with Gasteiger partial charge in [0.25, 0.3) is 5.91 Å². The Morgan fingerprint density at radius 1 is 1.11 bits per heavy atom. The average molecular weight is 606 g/mol. The van der Waals surface area contributed by atoms with Crippen molar-refractivity contribution < 1.29 is 24.2 Å². The molecule has 0 aliphatic carbocycles. The molecule has 0 spiro atoms. The van der Waals surface area contributed by atoms with Crippen LogP contribution in [0.4, 0.5) is 15.3 Å². The second-order valence-electron chi connectivity index (χ2n) is 13.3. The first-order chi connectivity index (χ1) is 20.5. The highest BCUT2D eigenvalue weighted by Gasteiger charge is 2.32. The molecule has 236 valence electrons. The number of amides is 3. The number of benzene rings is 1. The van der Waals surface area contributed by atoms with Crippen LogP contribution in [0, 0.1) is 6.92 Å². The number of imide groups is 1. The minimum atomic E-state index is -0.938. The third-order valence-corrected chi connectivity index (χ3v) is 7.63. The van der Waals surface area contributed by atoms with Crippen molar-refractivity contribution in [2.45, 2.75) is 85.0 Å². The number of carbonyl (C=O) groups is 3. The van der Waals surface area contributed by atoms with Crippen molar-refractivity contribution >= 4 is 23.8 Å². The van der Waals surface area contributed by atoms with E-state index in [0.29, 0.717) is 6.54 Å². The van der Waals surface area contributed by atoms with Crippen LogP contribution in [0.2, 0.25) is 0 Å². The number of nitrogens with zero attached hydrogens (tertiary/aromatic N) is 7. The molecule has 44 heavy (non-hydrogen) atoms. The Morgan fingerprint density at radius 2 is 1.84 bits per heavy atom. The molecule has 1 aromatic carbocycles. The summed E-state index contributed by atoms with van der Waals surface area (Å²) in [5, 5.41) is 17.6. The van der Waals surface area contributed by atoms with Gasteiger partial charge in [0, 0.05) is 31.9 Å². The van der Waals surface area contributed by atoms with Crippen molar-refractivity contribution in [2.24, 2.45) is 0 Å². The smallest absolute Gasteiger partial charge is 0.417 e. The van der Waals surface area contributed by atoms with Crippen LogP contribution < -0.4 is 4.90 Å². The van der Waals surface area contributed by atoms with E-state index in [-0.39, 0.29) is 23.8 Å². The summed E-state index contributed by atoms with van der Waals surface area (Å²) < 4.78 is 7.19. The molecular weight excluding hydrogens is 562 g/mol. The van der Waals surface area contributed by atoms with Gasteiger partial charge >= 0.3 is 12.2 Å². The molecule has 1 N–H and O–H groups in total. The highest BCUT2D eigenvalue weighted by molar-refractivity contribution is 6.01. The maximum atomic E-state index is 13.6. The van der Waals surface area contributed by atoms with Crippen molar-refractivity contribution in [3.63, 3.8) is 0 Å². The summed E-state index contributed by atoms with van der Waals surface area (Å²) in [6.07, 6.45) is 5.07. The van der Waals surface area contributed by atoms with Crippen LogP contribution in [0.15, 0.2) is 42.9 Å². The van der Waals surface area contributed by atoms with E-state index >= 15 is 0 Å². The molecule has 1 atom stereocenters. The van der Waals surface area contributed by atoms with E-state index in [9.17, 15) is 19.5 Å². The van der Waals surface area contributed by atoms with Gasteiger partial charge in [-0.05, 0) is 84.1 Å². The van der Waals surface area contributed by atoms with Crippen molar-refractivity contribution in [3.05, 3.63) is 59.7 Å². The monoisotopic (exact) mass is 605 g/mol. The van der Waals surface area contributed by atoms with Gasteiger partial charge in [0.1, 0.15) is 5.60 Å². The zero-order valence-electron chi connectivity index (χ0n) is 26.9. The lowest BCUT2D eigenvalue weighted by molar-refractivity contribution is 0.0224. The number of anilines is 1. The van der Waals surface area contributed by atoms with Crippen molar-refractivity contribution in [3.8, 4) is 11.1 Å². The summed E-state index contributed by atoms with van der Waals surface area (Å²) in [5.74, 6) is -0.597. The third-order valence-electron chi connectivity index (χ3n) is 7.63. The Bertz CT molecular complexity index is 1520. The first-order valence-electron chi connectivity index (χ1n) is 14.8. The highest BCUT2D eigenvalue weighted by atomic mass is 16.6. The second-order valence-corrected chi connectivity index (χ2v) is 13.3. The molecule has 1 aliphatic rings. The minimum absolute atomic E-state index is 0.0131. The summed E-state index contributed by atoms with van der Waals surface area (Å²) >= 11 is 0. The van der Waals surface area contributed by atoms with E-state index in [2.05, 4.69) is 20.2 Å². The fourth-order valence-corrected chi connectivity index (χ4v) is 5.10. The van der Waals surface area contributed by atoms with Crippen LogP contribution in [-0.4, -0.2) is 84.8 Å². The van der Waals surface area contributed by atoms with Gasteiger partial charge in [-0.2, -0.15) is 0 Å². The first kappa shape index (κ1) is 32.4. The molecule has 1 saturated heterocycles. The van der Waals surface area contributed by atoms with Gasteiger partial charge in [0.2, 0.25) is 0 Å². The zero-order chi connectivity index (χ0) is 32.4. The Balaban J connectivity index is 1.63. The molecule has 3 heterocycles.